The summed E-state index contributed by atoms with van der Waals surface area (Å²) in [6.07, 6.45) is 9.67. The Hall–Kier alpha value is -3.34. The number of carbonyl (C=O) groups is 1. The highest BCUT2D eigenvalue weighted by molar-refractivity contribution is 6.03. The Bertz CT molecular complexity index is 1080. The van der Waals surface area contributed by atoms with Crippen LogP contribution in [0.1, 0.15) is 21.6 Å². The van der Waals surface area contributed by atoms with E-state index in [9.17, 15) is 4.79 Å². The maximum absolute atomic E-state index is 11.2. The van der Waals surface area contributed by atoms with Gasteiger partial charge in [0.1, 0.15) is 14.1 Å². The Balaban J connectivity index is 0.000000696. The lowest BCUT2D eigenvalue weighted by Crippen LogP contribution is -2.68. The summed E-state index contributed by atoms with van der Waals surface area (Å²) in [4.78, 5) is 17.6. The quantitative estimate of drug-likeness (QED) is 0.540. The van der Waals surface area contributed by atoms with Crippen molar-refractivity contribution in [3.63, 3.8) is 0 Å². The van der Waals surface area contributed by atoms with Crippen molar-refractivity contribution < 1.29 is 43.4 Å². The summed E-state index contributed by atoms with van der Waals surface area (Å²) in [7, 11) is 3.08. The van der Waals surface area contributed by atoms with Crippen LogP contribution >= 0.6 is 0 Å². The number of carboxylic acids is 1. The largest absolute Gasteiger partial charge is 0.478 e. The van der Waals surface area contributed by atoms with Crippen LogP contribution in [0.2, 0.25) is 0 Å². The van der Waals surface area contributed by atoms with Crippen molar-refractivity contribution in [1.82, 2.24) is 4.98 Å². The van der Waals surface area contributed by atoms with Crippen LogP contribution in [0.4, 0.5) is 5.69 Å². The zero-order valence-electron chi connectivity index (χ0n) is 18.6. The van der Waals surface area contributed by atoms with Crippen molar-refractivity contribution in [3.05, 3.63) is 89.3 Å². The predicted octanol–water partition coefficient (Wildman–Crippen LogP) is -1.27. The molecule has 0 bridgehead atoms. The molecule has 10 heteroatoms. The topological polar surface area (TPSA) is 149 Å². The molecule has 0 unspecified atom stereocenters. The Morgan fingerprint density at radius 1 is 0.909 bits per heavy atom. The van der Waals surface area contributed by atoms with Gasteiger partial charge in [-0.05, 0) is 47.6 Å². The number of hydrogen-bond acceptors (Lipinski definition) is 7. The van der Waals surface area contributed by atoms with Crippen LogP contribution in [0.5, 0.6) is 0 Å². The second kappa shape index (κ2) is 11.0. The summed E-state index contributed by atoms with van der Waals surface area (Å²) >= 11 is 0. The second-order valence-corrected chi connectivity index (χ2v) is 8.13. The molecule has 0 amide bonds. The van der Waals surface area contributed by atoms with Gasteiger partial charge in [-0.25, -0.2) is 28.0 Å². The molecule has 0 fully saturated rings. The summed E-state index contributed by atoms with van der Waals surface area (Å²) in [5.41, 5.74) is 6.15. The standard InChI is InChI=1S/C23H23N3O2.ClHO4/c1-25(2)19-10-5-16(6-11-19)22(17-7-12-20(13-8-17)26(3)4)21-14-9-18(15-24-21)23(27)28;2-1(3,4)5/h5-15H,1-4H3;(H,2,3,4,5). The third-order valence-electron chi connectivity index (χ3n) is 4.61. The highest BCUT2D eigenvalue weighted by Gasteiger charge is 2.15. The molecule has 1 aliphatic rings. The van der Waals surface area contributed by atoms with Gasteiger partial charge >= 0.3 is 5.97 Å². The van der Waals surface area contributed by atoms with Gasteiger partial charge in [0.15, 0.2) is 5.71 Å². The lowest BCUT2D eigenvalue weighted by atomic mass is 9.93. The van der Waals surface area contributed by atoms with E-state index < -0.39 is 16.2 Å². The molecule has 0 spiro atoms. The Morgan fingerprint density at radius 2 is 1.42 bits per heavy atom. The molecule has 1 aromatic heterocycles. The summed E-state index contributed by atoms with van der Waals surface area (Å²) < 4.78 is 36.0. The van der Waals surface area contributed by atoms with E-state index in [0.29, 0.717) is 0 Å². The predicted molar refractivity (Wildman–Crippen MR) is 113 cm³/mol. The molecule has 0 aliphatic heterocycles. The molecule has 0 saturated carbocycles. The van der Waals surface area contributed by atoms with Gasteiger partial charge in [0, 0.05) is 43.7 Å². The molecule has 1 aromatic carbocycles. The maximum Gasteiger partial charge on any atom is 0.337 e. The summed E-state index contributed by atoms with van der Waals surface area (Å²) in [5.74, 6) is -0.980. The monoisotopic (exact) mass is 473 g/mol. The molecule has 2 aromatic rings. The van der Waals surface area contributed by atoms with E-state index in [1.807, 2.05) is 28.2 Å². The van der Waals surface area contributed by atoms with Crippen molar-refractivity contribution in [3.8, 4) is 0 Å². The van der Waals surface area contributed by atoms with Crippen molar-refractivity contribution in [2.75, 3.05) is 33.1 Å². The number of hydrogen-bond donors (Lipinski definition) is 1. The van der Waals surface area contributed by atoms with Gasteiger partial charge in [0.25, 0.3) is 0 Å². The van der Waals surface area contributed by atoms with Crippen LogP contribution in [0, 0.1) is 10.2 Å². The third kappa shape index (κ3) is 7.94. The summed E-state index contributed by atoms with van der Waals surface area (Å²) in [6.45, 7) is 0. The van der Waals surface area contributed by atoms with E-state index in [0.717, 1.165) is 33.8 Å². The number of benzene rings is 1. The van der Waals surface area contributed by atoms with Crippen LogP contribution in [-0.2, 0) is 0 Å². The van der Waals surface area contributed by atoms with Crippen molar-refractivity contribution in [2.24, 2.45) is 0 Å². The van der Waals surface area contributed by atoms with Crippen molar-refractivity contribution in [2.45, 2.75) is 0 Å². The average Bonchev–Trinajstić information content (AvgIpc) is 2.74. The van der Waals surface area contributed by atoms with Gasteiger partial charge in [0.2, 0.25) is 0 Å². The summed E-state index contributed by atoms with van der Waals surface area (Å²) in [5, 5.41) is 9.16. The smallest absolute Gasteiger partial charge is 0.337 e. The number of anilines is 1. The first-order chi connectivity index (χ1) is 15.4. The molecule has 1 aliphatic carbocycles. The van der Waals surface area contributed by atoms with Gasteiger partial charge in [0.05, 0.1) is 11.3 Å². The molecule has 0 saturated heterocycles. The van der Waals surface area contributed by atoms with E-state index in [2.05, 4.69) is 63.0 Å². The number of aromatic carboxylic acids is 1. The van der Waals surface area contributed by atoms with Crippen LogP contribution in [-0.4, -0.2) is 54.5 Å². The van der Waals surface area contributed by atoms with E-state index >= 15 is 0 Å². The fourth-order valence-corrected chi connectivity index (χ4v) is 2.98. The minimum Gasteiger partial charge on any atom is -0.478 e. The lowest BCUT2D eigenvalue weighted by Gasteiger charge is -2.17. The normalized spacial score (nSPS) is 12.7. The van der Waals surface area contributed by atoms with Crippen molar-refractivity contribution in [1.29, 1.82) is 0 Å². The van der Waals surface area contributed by atoms with Gasteiger partial charge < -0.3 is 10.0 Å². The molecule has 0 atom stereocenters. The zero-order chi connectivity index (χ0) is 24.8. The van der Waals surface area contributed by atoms with E-state index in [1.54, 1.807) is 12.1 Å². The Kier molecular flexibility index (Phi) is 8.63. The fraction of sp³-hybridized carbons (Fsp3) is 0.174. The van der Waals surface area contributed by atoms with Crippen LogP contribution in [0.25, 0.3) is 5.57 Å². The number of aromatic nitrogens is 1. The van der Waals surface area contributed by atoms with Crippen LogP contribution < -0.4 is 23.5 Å². The Morgan fingerprint density at radius 3 is 1.82 bits per heavy atom. The first-order valence-electron chi connectivity index (χ1n) is 9.60. The van der Waals surface area contributed by atoms with Gasteiger partial charge in [-0.15, -0.1) is 10.2 Å². The minimum absolute atomic E-state index is 0.175. The number of allylic oxidation sites excluding steroid dienone is 5. The highest BCUT2D eigenvalue weighted by atomic mass is 35.7. The minimum atomic E-state index is -4.94. The molecule has 0 radical (unpaired) electrons. The first kappa shape index (κ1) is 25.9. The van der Waals surface area contributed by atoms with E-state index in [4.69, 9.17) is 23.7 Å². The highest BCUT2D eigenvalue weighted by Crippen LogP contribution is 2.29. The second-order valence-electron chi connectivity index (χ2n) is 7.37. The number of nitrogens with zero attached hydrogens (tertiary/aromatic N) is 3. The zero-order valence-corrected chi connectivity index (χ0v) is 19.3. The van der Waals surface area contributed by atoms with E-state index in [1.165, 1.54) is 6.20 Å². The Labute approximate surface area is 193 Å². The molecule has 3 rings (SSSR count). The van der Waals surface area contributed by atoms with E-state index in [-0.39, 0.29) is 5.56 Å². The third-order valence-corrected chi connectivity index (χ3v) is 4.61. The number of carboxylic acid groups (broad SMARTS) is 1. The number of rotatable bonds is 4. The molecule has 9 nitrogen and oxygen atoms in total. The van der Waals surface area contributed by atoms with Gasteiger partial charge in [-0.1, -0.05) is 12.1 Å². The molecular weight excluding hydrogens is 450 g/mol. The number of halogens is 1. The van der Waals surface area contributed by atoms with Crippen LogP contribution in [0.3, 0.4) is 0 Å². The van der Waals surface area contributed by atoms with Gasteiger partial charge in [-0.2, -0.15) is 0 Å². The molecule has 33 heavy (non-hydrogen) atoms. The fourth-order valence-electron chi connectivity index (χ4n) is 2.98. The first-order valence-corrected chi connectivity index (χ1v) is 10.8. The summed E-state index contributed by atoms with van der Waals surface area (Å²) in [6, 6.07) is 11.6. The molecular formula is C23H24ClN3O6. The average molecular weight is 474 g/mol. The molecule has 1 N–H and O–H groups in total. The van der Waals surface area contributed by atoms with Crippen LogP contribution in [0.15, 0.2) is 72.5 Å². The van der Waals surface area contributed by atoms with Gasteiger partial charge in [-0.3, -0.25) is 4.98 Å². The SMILES string of the molecule is CN(C)c1ccc(C(=C2C=CC(=[N+](C)C)C=C2)c2ccc(C(=O)O)cn2)cc1.[O-][Cl+3]([O-])([O-])[O-]. The maximum atomic E-state index is 11.2. The number of pyridine rings is 1. The van der Waals surface area contributed by atoms with Crippen molar-refractivity contribution >= 4 is 22.9 Å². The lowest BCUT2D eigenvalue weighted by molar-refractivity contribution is -2.00. The molecule has 1 heterocycles. The molecule has 174 valence electrons.